The van der Waals surface area contributed by atoms with Crippen molar-refractivity contribution in [3.05, 3.63) is 156 Å². The third-order valence-electron chi connectivity index (χ3n) is 8.29. The maximum Gasteiger partial charge on any atom is 0.227 e. The molecule has 5 heteroatoms. The minimum absolute atomic E-state index is 0.135. The Hall–Kier alpha value is -5.39. The van der Waals surface area contributed by atoms with Crippen molar-refractivity contribution in [1.29, 1.82) is 0 Å². The fraction of sp³-hybridized carbons (Fsp3) is 0.0256. The monoisotopic (exact) mass is 584 g/mol. The average molecular weight is 585 g/mol. The molecule has 8 aromatic rings. The number of nitrogens with zero attached hydrogens (tertiary/aromatic N) is 2. The first kappa shape index (κ1) is 25.1. The van der Waals surface area contributed by atoms with Gasteiger partial charge in [-0.25, -0.2) is 9.97 Å². The molecule has 0 radical (unpaired) electrons. The summed E-state index contributed by atoms with van der Waals surface area (Å²) in [5.74, 6) is 1.01. The van der Waals surface area contributed by atoms with Crippen molar-refractivity contribution < 1.29 is 8.83 Å². The topological polar surface area (TPSA) is 52.1 Å². The van der Waals surface area contributed by atoms with E-state index in [2.05, 4.69) is 60.7 Å². The zero-order valence-electron chi connectivity index (χ0n) is 23.5. The van der Waals surface area contributed by atoms with E-state index in [0.29, 0.717) is 17.4 Å². The first-order chi connectivity index (χ1) is 21.8. The van der Waals surface area contributed by atoms with Crippen LogP contribution in [0.2, 0.25) is 0 Å². The van der Waals surface area contributed by atoms with Gasteiger partial charge in [-0.05, 0) is 53.1 Å². The van der Waals surface area contributed by atoms with Crippen LogP contribution in [0.1, 0.15) is 22.6 Å². The predicted molar refractivity (Wildman–Crippen MR) is 176 cm³/mol. The van der Waals surface area contributed by atoms with Crippen LogP contribution < -0.4 is 0 Å². The molecule has 2 aromatic heterocycles. The highest BCUT2D eigenvalue weighted by Crippen LogP contribution is 2.53. The highest BCUT2D eigenvalue weighted by atomic mass is 32.2. The van der Waals surface area contributed by atoms with Gasteiger partial charge < -0.3 is 8.83 Å². The summed E-state index contributed by atoms with van der Waals surface area (Å²) in [7, 11) is 0. The number of hydrogen-bond acceptors (Lipinski definition) is 5. The molecule has 0 unspecified atom stereocenters. The van der Waals surface area contributed by atoms with E-state index in [4.69, 9.17) is 18.8 Å². The van der Waals surface area contributed by atoms with Crippen LogP contribution in [-0.4, -0.2) is 9.97 Å². The van der Waals surface area contributed by atoms with Crippen molar-refractivity contribution in [3.63, 3.8) is 0 Å². The molecule has 208 valence electrons. The van der Waals surface area contributed by atoms with Crippen molar-refractivity contribution in [2.75, 3.05) is 0 Å². The van der Waals surface area contributed by atoms with E-state index >= 15 is 0 Å². The Morgan fingerprint density at radius 3 is 1.48 bits per heavy atom. The van der Waals surface area contributed by atoms with E-state index < -0.39 is 0 Å². The van der Waals surface area contributed by atoms with Crippen molar-refractivity contribution in [1.82, 2.24) is 9.97 Å². The number of fused-ring (bicyclic) bond motifs is 4. The molecule has 0 bridgehead atoms. The quantitative estimate of drug-likeness (QED) is 0.206. The van der Waals surface area contributed by atoms with Gasteiger partial charge >= 0.3 is 0 Å². The number of benzene rings is 6. The maximum absolute atomic E-state index is 6.85. The predicted octanol–water partition coefficient (Wildman–Crippen LogP) is 10.6. The van der Waals surface area contributed by atoms with Crippen molar-refractivity contribution in [2.24, 2.45) is 0 Å². The van der Waals surface area contributed by atoms with Crippen LogP contribution >= 0.6 is 11.8 Å². The molecular weight excluding hydrogens is 561 g/mol. The van der Waals surface area contributed by atoms with Crippen molar-refractivity contribution in [3.8, 4) is 34.0 Å². The zero-order chi connectivity index (χ0) is 29.0. The first-order valence-electron chi connectivity index (χ1n) is 14.6. The lowest BCUT2D eigenvalue weighted by Crippen LogP contribution is -2.11. The molecule has 1 aliphatic heterocycles. The second-order valence-electron chi connectivity index (χ2n) is 10.9. The van der Waals surface area contributed by atoms with Crippen LogP contribution in [0.5, 0.6) is 0 Å². The Kier molecular flexibility index (Phi) is 5.78. The van der Waals surface area contributed by atoms with Gasteiger partial charge in [0.05, 0.1) is 5.56 Å². The lowest BCUT2D eigenvalue weighted by molar-refractivity contribution is 0.613. The first-order valence-corrected chi connectivity index (χ1v) is 15.4. The Morgan fingerprint density at radius 1 is 0.455 bits per heavy atom. The van der Waals surface area contributed by atoms with Crippen LogP contribution in [-0.2, 0) is 0 Å². The standard InChI is InChI=1S/C39H24N2O2S/c1-4-14-24(15-5-1)31-34-37(43-38(40-34)25-16-6-2-7-17-25)33(35-36(31)42-39(41-35)26-18-8-3-9-19-26)32-27-20-10-12-22-29(27)44-30-23-13-11-21-28(30)32/h1-23,32H. The highest BCUT2D eigenvalue weighted by molar-refractivity contribution is 7.99. The molecule has 6 aromatic carbocycles. The number of oxazole rings is 2. The van der Waals surface area contributed by atoms with E-state index in [0.717, 1.165) is 44.4 Å². The van der Waals surface area contributed by atoms with E-state index in [1.165, 1.54) is 20.9 Å². The molecule has 3 heterocycles. The fourth-order valence-electron chi connectivity index (χ4n) is 6.33. The number of aromatic nitrogens is 2. The van der Waals surface area contributed by atoms with Gasteiger partial charge in [0.15, 0.2) is 11.2 Å². The molecule has 0 atom stereocenters. The minimum atomic E-state index is -0.135. The van der Waals surface area contributed by atoms with Gasteiger partial charge in [-0.15, -0.1) is 0 Å². The van der Waals surface area contributed by atoms with Gasteiger partial charge in [-0.3, -0.25) is 0 Å². The molecule has 0 fully saturated rings. The highest BCUT2D eigenvalue weighted by Gasteiger charge is 2.35. The van der Waals surface area contributed by atoms with Crippen LogP contribution in [0, 0.1) is 0 Å². The maximum atomic E-state index is 6.85. The van der Waals surface area contributed by atoms with Gasteiger partial charge in [0.25, 0.3) is 0 Å². The third kappa shape index (κ3) is 3.94. The largest absolute Gasteiger partial charge is 0.436 e. The Morgan fingerprint density at radius 2 is 0.909 bits per heavy atom. The average Bonchev–Trinajstić information content (AvgIpc) is 3.73. The SMILES string of the molecule is c1ccc(-c2nc3c(C4c5ccccc5Sc5ccccc54)c4oc(-c5ccccc5)nc4c(-c4ccccc4)c3o2)cc1. The molecule has 0 saturated carbocycles. The van der Waals surface area contributed by atoms with E-state index in [1.807, 2.05) is 78.9 Å². The van der Waals surface area contributed by atoms with Gasteiger partial charge in [0.2, 0.25) is 11.8 Å². The summed E-state index contributed by atoms with van der Waals surface area (Å²) >= 11 is 1.81. The second-order valence-corrected chi connectivity index (χ2v) is 12.0. The molecule has 44 heavy (non-hydrogen) atoms. The molecule has 0 spiro atoms. The molecular formula is C39H24N2O2S. The Labute approximate surface area is 258 Å². The zero-order valence-corrected chi connectivity index (χ0v) is 24.3. The molecule has 4 nitrogen and oxygen atoms in total. The van der Waals surface area contributed by atoms with Gasteiger partial charge in [0.1, 0.15) is 11.0 Å². The van der Waals surface area contributed by atoms with Crippen LogP contribution in [0.25, 0.3) is 56.2 Å². The summed E-state index contributed by atoms with van der Waals surface area (Å²) in [6, 6.07) is 47.7. The van der Waals surface area contributed by atoms with Crippen LogP contribution in [0.3, 0.4) is 0 Å². The number of hydrogen-bond donors (Lipinski definition) is 0. The van der Waals surface area contributed by atoms with Gasteiger partial charge in [-0.2, -0.15) is 0 Å². The van der Waals surface area contributed by atoms with Gasteiger partial charge in [-0.1, -0.05) is 115 Å². The summed E-state index contributed by atoms with van der Waals surface area (Å²) in [5.41, 5.74) is 10.1. The van der Waals surface area contributed by atoms with Crippen molar-refractivity contribution >= 4 is 34.0 Å². The Balaban J connectivity index is 1.46. The van der Waals surface area contributed by atoms with Crippen LogP contribution in [0.4, 0.5) is 0 Å². The summed E-state index contributed by atoms with van der Waals surface area (Å²) < 4.78 is 13.6. The summed E-state index contributed by atoms with van der Waals surface area (Å²) in [5, 5.41) is 0. The minimum Gasteiger partial charge on any atom is -0.436 e. The summed E-state index contributed by atoms with van der Waals surface area (Å²) in [4.78, 5) is 12.9. The summed E-state index contributed by atoms with van der Waals surface area (Å²) in [6.07, 6.45) is 0. The molecule has 0 saturated heterocycles. The Bertz CT molecular complexity index is 2170. The smallest absolute Gasteiger partial charge is 0.227 e. The molecule has 0 amide bonds. The number of rotatable bonds is 4. The molecule has 9 rings (SSSR count). The second kappa shape index (κ2) is 10.1. The normalized spacial score (nSPS) is 12.8. The van der Waals surface area contributed by atoms with Crippen molar-refractivity contribution in [2.45, 2.75) is 15.7 Å². The fourth-order valence-corrected chi connectivity index (χ4v) is 7.47. The molecule has 0 aliphatic carbocycles. The lowest BCUT2D eigenvalue weighted by Gasteiger charge is -2.28. The molecule has 1 aliphatic rings. The third-order valence-corrected chi connectivity index (χ3v) is 9.47. The molecule has 0 N–H and O–H groups in total. The van der Waals surface area contributed by atoms with Gasteiger partial charge in [0, 0.05) is 32.4 Å². The lowest BCUT2D eigenvalue weighted by atomic mass is 9.82. The summed E-state index contributed by atoms with van der Waals surface area (Å²) in [6.45, 7) is 0. The van der Waals surface area contributed by atoms with E-state index in [9.17, 15) is 0 Å². The van der Waals surface area contributed by atoms with E-state index in [1.54, 1.807) is 11.8 Å². The van der Waals surface area contributed by atoms with Crippen LogP contribution in [0.15, 0.2) is 158 Å². The van der Waals surface area contributed by atoms with E-state index in [-0.39, 0.29) is 5.92 Å².